The van der Waals surface area contributed by atoms with Gasteiger partial charge in [-0.1, -0.05) is 24.1 Å². The summed E-state index contributed by atoms with van der Waals surface area (Å²) >= 11 is 0. The predicted octanol–water partition coefficient (Wildman–Crippen LogP) is 2.04. The molecule has 0 unspecified atom stereocenters. The highest BCUT2D eigenvalue weighted by molar-refractivity contribution is 5.94. The Balaban J connectivity index is 1.58. The fraction of sp³-hybridized carbons (Fsp3) is 0.526. The van der Waals surface area contributed by atoms with Crippen LogP contribution in [0.5, 0.6) is 0 Å². The van der Waals surface area contributed by atoms with Gasteiger partial charge in [-0.2, -0.15) is 0 Å². The number of benzene rings is 1. The van der Waals surface area contributed by atoms with Crippen molar-refractivity contribution in [1.82, 2.24) is 10.2 Å². The fourth-order valence-electron chi connectivity index (χ4n) is 2.82. The molecule has 1 aromatic carbocycles. The van der Waals surface area contributed by atoms with Gasteiger partial charge in [-0.3, -0.25) is 9.69 Å². The van der Waals surface area contributed by atoms with Gasteiger partial charge < -0.3 is 10.1 Å². The molecule has 23 heavy (non-hydrogen) atoms. The van der Waals surface area contributed by atoms with Gasteiger partial charge in [-0.25, -0.2) is 0 Å². The van der Waals surface area contributed by atoms with E-state index in [1.165, 1.54) is 0 Å². The van der Waals surface area contributed by atoms with E-state index in [-0.39, 0.29) is 5.91 Å². The highest BCUT2D eigenvalue weighted by atomic mass is 16.5. The van der Waals surface area contributed by atoms with Crippen LogP contribution < -0.4 is 5.32 Å². The number of hydrogen-bond acceptors (Lipinski definition) is 3. The molecule has 0 aromatic heterocycles. The van der Waals surface area contributed by atoms with E-state index in [0.29, 0.717) is 18.8 Å². The molecule has 0 radical (unpaired) electrons. The van der Waals surface area contributed by atoms with Gasteiger partial charge in [0.25, 0.3) is 5.91 Å². The molecule has 124 valence electrons. The molecule has 1 saturated heterocycles. The molecule has 1 fully saturated rings. The third kappa shape index (κ3) is 6.85. The van der Waals surface area contributed by atoms with Gasteiger partial charge in [0, 0.05) is 31.1 Å². The minimum Gasteiger partial charge on any atom is -0.373 e. The summed E-state index contributed by atoms with van der Waals surface area (Å²) in [7, 11) is 0. The first-order chi connectivity index (χ1) is 11.1. The van der Waals surface area contributed by atoms with Crippen molar-refractivity contribution in [2.45, 2.75) is 38.9 Å². The van der Waals surface area contributed by atoms with Crippen molar-refractivity contribution in [3.05, 3.63) is 35.9 Å². The topological polar surface area (TPSA) is 41.6 Å². The first kappa shape index (κ1) is 17.5. The lowest BCUT2D eigenvalue weighted by atomic mass is 10.2. The summed E-state index contributed by atoms with van der Waals surface area (Å²) in [5.41, 5.74) is 0.859. The third-order valence-electron chi connectivity index (χ3n) is 3.78. The van der Waals surface area contributed by atoms with Crippen LogP contribution in [-0.4, -0.2) is 49.2 Å². The number of rotatable bonds is 5. The smallest absolute Gasteiger partial charge is 0.296 e. The van der Waals surface area contributed by atoms with Crippen molar-refractivity contribution in [3.8, 4) is 11.8 Å². The highest BCUT2D eigenvalue weighted by Crippen LogP contribution is 2.11. The lowest BCUT2D eigenvalue weighted by molar-refractivity contribution is -0.115. The van der Waals surface area contributed by atoms with Gasteiger partial charge in [-0.15, -0.1) is 0 Å². The first-order valence-electron chi connectivity index (χ1n) is 8.36. The number of amides is 1. The van der Waals surface area contributed by atoms with Crippen molar-refractivity contribution < 1.29 is 9.53 Å². The van der Waals surface area contributed by atoms with Gasteiger partial charge in [-0.05, 0) is 45.4 Å². The van der Waals surface area contributed by atoms with Crippen LogP contribution in [0.1, 0.15) is 32.3 Å². The van der Waals surface area contributed by atoms with E-state index < -0.39 is 0 Å². The van der Waals surface area contributed by atoms with E-state index in [0.717, 1.165) is 38.0 Å². The lowest BCUT2D eigenvalue weighted by Crippen LogP contribution is -2.45. The molecule has 4 nitrogen and oxygen atoms in total. The molecule has 0 bridgehead atoms. The molecule has 1 aliphatic rings. The number of carbonyl (C=O) groups is 1. The molecule has 2 rings (SSSR count). The maximum absolute atomic E-state index is 11.7. The van der Waals surface area contributed by atoms with Crippen molar-refractivity contribution in [1.29, 1.82) is 0 Å². The molecular weight excluding hydrogens is 288 g/mol. The van der Waals surface area contributed by atoms with Crippen LogP contribution in [-0.2, 0) is 9.53 Å². The van der Waals surface area contributed by atoms with E-state index in [9.17, 15) is 4.79 Å². The quantitative estimate of drug-likeness (QED) is 0.668. The Morgan fingerprint density at radius 1 is 1.22 bits per heavy atom. The summed E-state index contributed by atoms with van der Waals surface area (Å²) < 4.78 is 5.72. The first-order valence-corrected chi connectivity index (χ1v) is 8.36. The lowest BCUT2D eigenvalue weighted by Gasteiger charge is -2.35. The molecule has 0 spiro atoms. The number of nitrogens with one attached hydrogen (secondary N) is 1. The highest BCUT2D eigenvalue weighted by Gasteiger charge is 2.21. The second kappa shape index (κ2) is 9.34. The molecule has 1 aliphatic heterocycles. The van der Waals surface area contributed by atoms with E-state index in [2.05, 4.69) is 35.9 Å². The maximum Gasteiger partial charge on any atom is 0.296 e. The molecule has 1 aromatic rings. The van der Waals surface area contributed by atoms with Crippen LogP contribution >= 0.6 is 0 Å². The summed E-state index contributed by atoms with van der Waals surface area (Å²) in [6.45, 7) is 7.97. The zero-order valence-corrected chi connectivity index (χ0v) is 14.0. The summed E-state index contributed by atoms with van der Waals surface area (Å²) in [5, 5.41) is 2.85. The SMILES string of the molecule is C[C@H]1CN(CCCCNC(=O)C#Cc2ccccc2)C[C@H](C)O1. The monoisotopic (exact) mass is 314 g/mol. The van der Waals surface area contributed by atoms with E-state index >= 15 is 0 Å². The van der Waals surface area contributed by atoms with Gasteiger partial charge in [0.15, 0.2) is 0 Å². The summed E-state index contributed by atoms with van der Waals surface area (Å²) in [6.07, 6.45) is 2.67. The Kier molecular flexibility index (Phi) is 7.12. The molecule has 1 N–H and O–H groups in total. The minimum absolute atomic E-state index is 0.206. The number of nitrogens with zero attached hydrogens (tertiary/aromatic N) is 1. The number of carbonyl (C=O) groups excluding carboxylic acids is 1. The van der Waals surface area contributed by atoms with Crippen LogP contribution in [0.2, 0.25) is 0 Å². The normalized spacial score (nSPS) is 21.3. The molecular formula is C19H26N2O2. The van der Waals surface area contributed by atoms with Crippen molar-refractivity contribution in [2.75, 3.05) is 26.2 Å². The second-order valence-electron chi connectivity index (χ2n) is 6.10. The number of hydrogen-bond donors (Lipinski definition) is 1. The fourth-order valence-corrected chi connectivity index (χ4v) is 2.82. The Bertz CT molecular complexity index is 537. The Morgan fingerprint density at radius 2 is 1.91 bits per heavy atom. The molecule has 0 saturated carbocycles. The zero-order valence-electron chi connectivity index (χ0n) is 14.0. The summed E-state index contributed by atoms with van der Waals surface area (Å²) in [5.74, 6) is 5.28. The standard InChI is InChI=1S/C19H26N2O2/c1-16-14-21(15-17(2)23-16)13-7-6-12-20-19(22)11-10-18-8-4-3-5-9-18/h3-5,8-9,16-17H,6-7,12-15H2,1-2H3,(H,20,22)/t16-,17-/m0/s1. The number of unbranched alkanes of at least 4 members (excludes halogenated alkanes) is 1. The Morgan fingerprint density at radius 3 is 2.61 bits per heavy atom. The van der Waals surface area contributed by atoms with E-state index in [1.54, 1.807) is 0 Å². The Labute approximate surface area is 139 Å². The second-order valence-corrected chi connectivity index (χ2v) is 6.10. The third-order valence-corrected chi connectivity index (χ3v) is 3.78. The molecule has 4 heteroatoms. The van der Waals surface area contributed by atoms with Crippen LogP contribution in [0.25, 0.3) is 0 Å². The number of ether oxygens (including phenoxy) is 1. The van der Waals surface area contributed by atoms with Crippen LogP contribution in [0, 0.1) is 11.8 Å². The van der Waals surface area contributed by atoms with Crippen molar-refractivity contribution in [2.24, 2.45) is 0 Å². The molecule has 1 heterocycles. The van der Waals surface area contributed by atoms with Gasteiger partial charge in [0.1, 0.15) is 0 Å². The van der Waals surface area contributed by atoms with Gasteiger partial charge in [0.2, 0.25) is 0 Å². The molecule has 0 aliphatic carbocycles. The van der Waals surface area contributed by atoms with E-state index in [1.807, 2.05) is 30.3 Å². The maximum atomic E-state index is 11.7. The average molecular weight is 314 g/mol. The Hall–Kier alpha value is -1.83. The van der Waals surface area contributed by atoms with Crippen molar-refractivity contribution >= 4 is 5.91 Å². The minimum atomic E-state index is -0.206. The van der Waals surface area contributed by atoms with Gasteiger partial charge in [0.05, 0.1) is 12.2 Å². The number of morpholine rings is 1. The molecule has 1 amide bonds. The van der Waals surface area contributed by atoms with Crippen molar-refractivity contribution in [3.63, 3.8) is 0 Å². The summed E-state index contributed by atoms with van der Waals surface area (Å²) in [6, 6.07) is 9.54. The van der Waals surface area contributed by atoms with Gasteiger partial charge >= 0.3 is 0 Å². The van der Waals surface area contributed by atoms with Crippen LogP contribution in [0.3, 0.4) is 0 Å². The largest absolute Gasteiger partial charge is 0.373 e. The van der Waals surface area contributed by atoms with E-state index in [4.69, 9.17) is 4.74 Å². The average Bonchev–Trinajstić information content (AvgIpc) is 2.53. The predicted molar refractivity (Wildman–Crippen MR) is 92.0 cm³/mol. The van der Waals surface area contributed by atoms with Crippen LogP contribution in [0.15, 0.2) is 30.3 Å². The van der Waals surface area contributed by atoms with Crippen LogP contribution in [0.4, 0.5) is 0 Å². The summed E-state index contributed by atoms with van der Waals surface area (Å²) in [4.78, 5) is 14.1. The zero-order chi connectivity index (χ0) is 16.5. The molecule has 2 atom stereocenters.